The average molecular weight is 691 g/mol. The summed E-state index contributed by atoms with van der Waals surface area (Å²) >= 11 is 20.6. The van der Waals surface area contributed by atoms with E-state index in [0.717, 1.165) is 17.9 Å². The van der Waals surface area contributed by atoms with Crippen molar-refractivity contribution in [1.29, 1.82) is 0 Å². The first-order valence-electron chi connectivity index (χ1n) is 6.00. The second kappa shape index (κ2) is 7.59. The SMILES string of the molecule is Cc1ccc(CCc2nc(C(Br)(Br)Br)nc(C(Br)(Br)Br)n2)o1. The Morgan fingerprint density at radius 2 is 1.41 bits per heavy atom. The van der Waals surface area contributed by atoms with E-state index >= 15 is 0 Å². The summed E-state index contributed by atoms with van der Waals surface area (Å²) in [6.07, 6.45) is 1.36. The van der Waals surface area contributed by atoms with Crippen LogP contribution in [0.1, 0.15) is 29.0 Å². The maximum atomic E-state index is 5.57. The van der Waals surface area contributed by atoms with Crippen molar-refractivity contribution in [3.8, 4) is 0 Å². The molecule has 0 saturated carbocycles. The molecule has 2 aromatic rings. The quantitative estimate of drug-likeness (QED) is 0.363. The second-order valence-corrected chi connectivity index (χ2v) is 17.9. The van der Waals surface area contributed by atoms with Crippen LogP contribution in [0, 0.1) is 6.92 Å². The van der Waals surface area contributed by atoms with Crippen LogP contribution in [0.2, 0.25) is 0 Å². The number of aromatic nitrogens is 3. The lowest BCUT2D eigenvalue weighted by Crippen LogP contribution is -2.17. The fourth-order valence-electron chi connectivity index (χ4n) is 1.64. The van der Waals surface area contributed by atoms with Crippen LogP contribution in [0.25, 0.3) is 0 Å². The Labute approximate surface area is 178 Å². The lowest BCUT2D eigenvalue weighted by molar-refractivity contribution is 0.480. The highest BCUT2D eigenvalue weighted by Crippen LogP contribution is 2.46. The molecular formula is C12H9Br6N3O. The van der Waals surface area contributed by atoms with Crippen LogP contribution in [0.4, 0.5) is 0 Å². The van der Waals surface area contributed by atoms with Crippen molar-refractivity contribution in [2.24, 2.45) is 0 Å². The molecule has 0 aliphatic carbocycles. The topological polar surface area (TPSA) is 51.8 Å². The minimum Gasteiger partial charge on any atom is -0.466 e. The molecule has 0 aromatic carbocycles. The van der Waals surface area contributed by atoms with Crippen LogP contribution >= 0.6 is 95.6 Å². The standard InChI is InChI=1S/C12H9Br6N3O/c1-6-2-3-7(22-6)4-5-8-19-9(11(13,14)15)21-10(20-8)12(16,17)18/h2-3H,4-5H2,1H3. The third kappa shape index (κ3) is 5.61. The van der Waals surface area contributed by atoms with Crippen LogP contribution in [0.5, 0.6) is 0 Å². The maximum absolute atomic E-state index is 5.57. The number of alkyl halides is 6. The zero-order chi connectivity index (χ0) is 16.5. The normalized spacial score (nSPS) is 12.7. The molecule has 0 radical (unpaired) electrons. The molecule has 2 rings (SSSR count). The molecule has 2 aromatic heterocycles. The predicted octanol–water partition coefficient (Wildman–Crippen LogP) is 6.15. The molecule has 2 heterocycles. The minimum atomic E-state index is -0.709. The first-order valence-corrected chi connectivity index (χ1v) is 10.8. The van der Waals surface area contributed by atoms with E-state index in [4.69, 9.17) is 4.42 Å². The van der Waals surface area contributed by atoms with Gasteiger partial charge in [-0.25, -0.2) is 15.0 Å². The van der Waals surface area contributed by atoms with E-state index in [0.29, 0.717) is 23.9 Å². The van der Waals surface area contributed by atoms with Crippen molar-refractivity contribution >= 4 is 95.6 Å². The number of hydrogen-bond acceptors (Lipinski definition) is 4. The van der Waals surface area contributed by atoms with E-state index in [1.165, 1.54) is 0 Å². The number of furan rings is 1. The number of halogens is 6. The lowest BCUT2D eigenvalue weighted by Gasteiger charge is -2.16. The summed E-state index contributed by atoms with van der Waals surface area (Å²) in [4.78, 5) is 13.4. The van der Waals surface area contributed by atoms with Gasteiger partial charge in [-0.1, -0.05) is 95.6 Å². The Balaban J connectivity index is 2.29. The Morgan fingerprint density at radius 1 is 0.864 bits per heavy atom. The van der Waals surface area contributed by atoms with Crippen LogP contribution in [0.15, 0.2) is 16.5 Å². The van der Waals surface area contributed by atoms with Gasteiger partial charge in [-0.3, -0.25) is 0 Å². The molecule has 0 unspecified atom stereocenters. The Hall–Kier alpha value is 1.17. The number of hydrogen-bond donors (Lipinski definition) is 0. The van der Waals surface area contributed by atoms with E-state index in [9.17, 15) is 0 Å². The number of aryl methyl sites for hydroxylation is 3. The van der Waals surface area contributed by atoms with E-state index in [1.54, 1.807) is 0 Å². The summed E-state index contributed by atoms with van der Waals surface area (Å²) in [6.45, 7) is 1.92. The van der Waals surface area contributed by atoms with Crippen molar-refractivity contribution in [2.45, 2.75) is 24.1 Å². The van der Waals surface area contributed by atoms with Gasteiger partial charge in [0.25, 0.3) is 0 Å². The van der Waals surface area contributed by atoms with Crippen molar-refractivity contribution in [2.75, 3.05) is 0 Å². The zero-order valence-corrected chi connectivity index (χ0v) is 20.6. The predicted molar refractivity (Wildman–Crippen MR) is 108 cm³/mol. The summed E-state index contributed by atoms with van der Waals surface area (Å²) in [6, 6.07) is 3.91. The molecule has 120 valence electrons. The lowest BCUT2D eigenvalue weighted by atomic mass is 10.2. The van der Waals surface area contributed by atoms with Gasteiger partial charge in [-0.2, -0.15) is 0 Å². The molecule has 0 fully saturated rings. The Bertz CT molecular complexity index is 629. The molecule has 0 N–H and O–H groups in total. The van der Waals surface area contributed by atoms with Gasteiger partial charge in [0.1, 0.15) is 17.3 Å². The summed E-state index contributed by atoms with van der Waals surface area (Å²) in [5.41, 5.74) is 0. The smallest absolute Gasteiger partial charge is 0.194 e. The average Bonchev–Trinajstić information content (AvgIpc) is 2.80. The van der Waals surface area contributed by atoms with E-state index < -0.39 is 4.29 Å². The van der Waals surface area contributed by atoms with Gasteiger partial charge in [-0.05, 0) is 19.1 Å². The molecule has 0 spiro atoms. The molecule has 10 heteroatoms. The van der Waals surface area contributed by atoms with Crippen LogP contribution in [-0.4, -0.2) is 15.0 Å². The minimum absolute atomic E-state index is 0.519. The van der Waals surface area contributed by atoms with E-state index in [-0.39, 0.29) is 0 Å². The second-order valence-electron chi connectivity index (χ2n) is 4.41. The van der Waals surface area contributed by atoms with Crippen molar-refractivity contribution in [3.05, 3.63) is 41.1 Å². The maximum Gasteiger partial charge on any atom is 0.194 e. The fourth-order valence-corrected chi connectivity index (χ4v) is 2.70. The van der Waals surface area contributed by atoms with Gasteiger partial charge in [0.2, 0.25) is 0 Å². The molecule has 22 heavy (non-hydrogen) atoms. The van der Waals surface area contributed by atoms with Gasteiger partial charge in [-0.15, -0.1) is 0 Å². The van der Waals surface area contributed by atoms with Gasteiger partial charge >= 0.3 is 0 Å². The molecule has 0 bridgehead atoms. The van der Waals surface area contributed by atoms with Crippen LogP contribution < -0.4 is 0 Å². The van der Waals surface area contributed by atoms with Gasteiger partial charge < -0.3 is 4.42 Å². The number of rotatable bonds is 3. The zero-order valence-electron chi connectivity index (χ0n) is 11.1. The van der Waals surface area contributed by atoms with Crippen LogP contribution in [0.3, 0.4) is 0 Å². The summed E-state index contributed by atoms with van der Waals surface area (Å²) in [5.74, 6) is 3.51. The van der Waals surface area contributed by atoms with E-state index in [1.807, 2.05) is 19.1 Å². The monoisotopic (exact) mass is 685 g/mol. The first kappa shape index (κ1) is 19.5. The number of nitrogens with zero attached hydrogens (tertiary/aromatic N) is 3. The third-order valence-corrected chi connectivity index (χ3v) is 4.71. The molecule has 0 aliphatic heterocycles. The summed E-state index contributed by atoms with van der Waals surface area (Å²) in [5, 5.41) is 0. The third-order valence-electron chi connectivity index (χ3n) is 2.58. The Kier molecular flexibility index (Phi) is 6.73. The van der Waals surface area contributed by atoms with Crippen molar-refractivity contribution in [1.82, 2.24) is 15.0 Å². The highest BCUT2D eigenvalue weighted by molar-refractivity contribution is 9.39. The molecular weight excluding hydrogens is 682 g/mol. The largest absolute Gasteiger partial charge is 0.466 e. The van der Waals surface area contributed by atoms with Crippen molar-refractivity contribution in [3.63, 3.8) is 0 Å². The summed E-state index contributed by atoms with van der Waals surface area (Å²) in [7, 11) is 0. The highest BCUT2D eigenvalue weighted by Gasteiger charge is 2.31. The van der Waals surface area contributed by atoms with Gasteiger partial charge in [0, 0.05) is 12.8 Å². The molecule has 0 aliphatic rings. The fraction of sp³-hybridized carbons (Fsp3) is 0.417. The molecule has 0 saturated heterocycles. The molecule has 0 amide bonds. The van der Waals surface area contributed by atoms with Crippen LogP contribution in [-0.2, 0) is 17.1 Å². The van der Waals surface area contributed by atoms with Gasteiger partial charge in [0.05, 0.1) is 0 Å². The van der Waals surface area contributed by atoms with Crippen molar-refractivity contribution < 1.29 is 4.42 Å². The molecule has 4 nitrogen and oxygen atoms in total. The highest BCUT2D eigenvalue weighted by atomic mass is 80.0. The molecule has 0 atom stereocenters. The van der Waals surface area contributed by atoms with E-state index in [2.05, 4.69) is 111 Å². The first-order chi connectivity index (χ1) is 10.1. The Morgan fingerprint density at radius 3 is 1.82 bits per heavy atom. The summed E-state index contributed by atoms with van der Waals surface area (Å²) < 4.78 is 4.15. The van der Waals surface area contributed by atoms with Gasteiger partial charge in [0.15, 0.2) is 15.9 Å².